The lowest BCUT2D eigenvalue weighted by Gasteiger charge is -2.42. The Morgan fingerprint density at radius 1 is 1.25 bits per heavy atom. The van der Waals surface area contributed by atoms with E-state index in [4.69, 9.17) is 4.74 Å². The van der Waals surface area contributed by atoms with Gasteiger partial charge >= 0.3 is 0 Å². The van der Waals surface area contributed by atoms with Crippen LogP contribution in [0.25, 0.3) is 0 Å². The van der Waals surface area contributed by atoms with Crippen LogP contribution in [0.5, 0.6) is 0 Å². The lowest BCUT2D eigenvalue weighted by atomic mass is 9.77. The average molecular weight is 225 g/mol. The van der Waals surface area contributed by atoms with Gasteiger partial charge in [-0.15, -0.1) is 6.10 Å². The molecule has 0 bridgehead atoms. The molecule has 0 N–H and O–H groups in total. The molecule has 0 fully saturated rings. The van der Waals surface area contributed by atoms with Crippen molar-refractivity contribution in [2.24, 2.45) is 11.8 Å². The minimum absolute atomic E-state index is 0.178. The number of hydrogen-bond donors (Lipinski definition) is 0. The molecule has 2 heteroatoms. The van der Waals surface area contributed by atoms with Crippen molar-refractivity contribution in [2.45, 2.75) is 59.2 Å². The molecule has 0 radical (unpaired) electrons. The second kappa shape index (κ2) is 6.41. The first-order chi connectivity index (χ1) is 7.61. The van der Waals surface area contributed by atoms with Crippen molar-refractivity contribution in [2.75, 3.05) is 6.61 Å². The first-order valence-corrected chi connectivity index (χ1v) is 6.59. The van der Waals surface area contributed by atoms with Crippen LogP contribution in [-0.2, 0) is 4.74 Å². The van der Waals surface area contributed by atoms with Gasteiger partial charge in [-0.05, 0) is 30.3 Å². The summed E-state index contributed by atoms with van der Waals surface area (Å²) >= 11 is 0. The van der Waals surface area contributed by atoms with E-state index in [1.54, 1.807) is 0 Å². The fraction of sp³-hybridized carbons (Fsp3) is 0.857. The van der Waals surface area contributed by atoms with E-state index >= 15 is 0 Å². The predicted octanol–water partition coefficient (Wildman–Crippen LogP) is 2.52. The van der Waals surface area contributed by atoms with Gasteiger partial charge in [0, 0.05) is 6.61 Å². The van der Waals surface area contributed by atoms with Crippen molar-refractivity contribution in [3.05, 3.63) is 11.6 Å². The van der Waals surface area contributed by atoms with Gasteiger partial charge in [0.25, 0.3) is 0 Å². The summed E-state index contributed by atoms with van der Waals surface area (Å²) in [6.07, 6.45) is 4.72. The molecule has 0 aromatic rings. The van der Waals surface area contributed by atoms with Gasteiger partial charge in [0.2, 0.25) is 0 Å². The van der Waals surface area contributed by atoms with E-state index in [0.29, 0.717) is 5.92 Å². The third-order valence-electron chi connectivity index (χ3n) is 3.77. The van der Waals surface area contributed by atoms with Crippen LogP contribution in [0.15, 0.2) is 11.6 Å². The largest absolute Gasteiger partial charge is 0.849 e. The van der Waals surface area contributed by atoms with Gasteiger partial charge in [-0.1, -0.05) is 40.2 Å². The van der Waals surface area contributed by atoms with Crippen molar-refractivity contribution in [1.82, 2.24) is 0 Å². The standard InChI is InChI=1S/C14H25O2/c1-5-7-8-16-14-11(4)10(3)13(15)9-12(14)6-2/h9-11,13-14H,5-8H2,1-4H3/q-1. The Morgan fingerprint density at radius 2 is 1.94 bits per heavy atom. The quantitative estimate of drug-likeness (QED) is 0.532. The summed E-state index contributed by atoms with van der Waals surface area (Å²) in [5.41, 5.74) is 1.21. The highest BCUT2D eigenvalue weighted by Gasteiger charge is 2.30. The van der Waals surface area contributed by atoms with Crippen molar-refractivity contribution in [3.8, 4) is 0 Å². The van der Waals surface area contributed by atoms with Gasteiger partial charge in [-0.3, -0.25) is 0 Å². The Morgan fingerprint density at radius 3 is 2.50 bits per heavy atom. The molecule has 0 saturated carbocycles. The van der Waals surface area contributed by atoms with Crippen LogP contribution in [0.2, 0.25) is 0 Å². The lowest BCUT2D eigenvalue weighted by molar-refractivity contribution is -0.420. The van der Waals surface area contributed by atoms with Crippen LogP contribution in [0, 0.1) is 11.8 Å². The molecule has 0 aliphatic heterocycles. The van der Waals surface area contributed by atoms with Gasteiger partial charge in [-0.2, -0.15) is 0 Å². The highest BCUT2D eigenvalue weighted by Crippen LogP contribution is 2.32. The molecule has 0 spiro atoms. The molecule has 4 unspecified atom stereocenters. The zero-order valence-electron chi connectivity index (χ0n) is 11.0. The molecule has 0 amide bonds. The fourth-order valence-corrected chi connectivity index (χ4v) is 2.30. The molecule has 1 aliphatic carbocycles. The van der Waals surface area contributed by atoms with Gasteiger partial charge in [0.15, 0.2) is 0 Å². The third-order valence-corrected chi connectivity index (χ3v) is 3.77. The molecule has 4 atom stereocenters. The van der Waals surface area contributed by atoms with E-state index in [0.717, 1.165) is 25.9 Å². The zero-order chi connectivity index (χ0) is 12.1. The van der Waals surface area contributed by atoms with Crippen LogP contribution >= 0.6 is 0 Å². The van der Waals surface area contributed by atoms with Crippen LogP contribution in [0.1, 0.15) is 47.0 Å². The normalized spacial score (nSPS) is 34.9. The van der Waals surface area contributed by atoms with Crippen LogP contribution in [-0.4, -0.2) is 18.8 Å². The van der Waals surface area contributed by atoms with Crippen molar-refractivity contribution in [1.29, 1.82) is 0 Å². The summed E-state index contributed by atoms with van der Waals surface area (Å²) in [4.78, 5) is 0. The molecule has 16 heavy (non-hydrogen) atoms. The van der Waals surface area contributed by atoms with E-state index in [1.165, 1.54) is 5.57 Å². The summed E-state index contributed by atoms with van der Waals surface area (Å²) in [6, 6.07) is 0. The first kappa shape index (κ1) is 13.7. The van der Waals surface area contributed by atoms with Gasteiger partial charge in [-0.25, -0.2) is 0 Å². The smallest absolute Gasteiger partial charge is 0.0812 e. The Hall–Kier alpha value is -0.340. The highest BCUT2D eigenvalue weighted by molar-refractivity contribution is 5.17. The van der Waals surface area contributed by atoms with E-state index in [1.807, 2.05) is 13.0 Å². The number of rotatable bonds is 5. The Labute approximate surface area is 99.7 Å². The van der Waals surface area contributed by atoms with Gasteiger partial charge < -0.3 is 9.84 Å². The lowest BCUT2D eigenvalue weighted by Crippen LogP contribution is -2.44. The molecule has 1 aliphatic rings. The van der Waals surface area contributed by atoms with E-state index in [-0.39, 0.29) is 12.0 Å². The fourth-order valence-electron chi connectivity index (χ4n) is 2.30. The van der Waals surface area contributed by atoms with E-state index in [9.17, 15) is 5.11 Å². The maximum absolute atomic E-state index is 11.8. The van der Waals surface area contributed by atoms with Crippen LogP contribution in [0.4, 0.5) is 0 Å². The number of unbranched alkanes of at least 4 members (excludes halogenated alkanes) is 1. The maximum atomic E-state index is 11.8. The van der Waals surface area contributed by atoms with Gasteiger partial charge in [0.1, 0.15) is 0 Å². The van der Waals surface area contributed by atoms with E-state index in [2.05, 4.69) is 20.8 Å². The monoisotopic (exact) mass is 225 g/mol. The molecule has 0 saturated heterocycles. The maximum Gasteiger partial charge on any atom is 0.0812 e. The summed E-state index contributed by atoms with van der Waals surface area (Å²) in [6.45, 7) is 9.29. The van der Waals surface area contributed by atoms with Crippen molar-refractivity contribution >= 4 is 0 Å². The summed E-state index contributed by atoms with van der Waals surface area (Å²) in [5, 5.41) is 11.8. The second-order valence-electron chi connectivity index (χ2n) is 4.92. The van der Waals surface area contributed by atoms with Crippen LogP contribution < -0.4 is 5.11 Å². The van der Waals surface area contributed by atoms with Crippen molar-refractivity contribution in [3.63, 3.8) is 0 Å². The van der Waals surface area contributed by atoms with Crippen LogP contribution in [0.3, 0.4) is 0 Å². The Bertz CT molecular complexity index is 235. The minimum Gasteiger partial charge on any atom is -0.849 e. The highest BCUT2D eigenvalue weighted by atomic mass is 16.5. The SMILES string of the molecule is CCCCOC1C(CC)=CC([O-])C(C)C1C. The molecule has 94 valence electrons. The molecule has 0 heterocycles. The minimum atomic E-state index is -0.545. The molecule has 2 nitrogen and oxygen atoms in total. The molecule has 1 rings (SSSR count). The van der Waals surface area contributed by atoms with Gasteiger partial charge in [0.05, 0.1) is 6.10 Å². The second-order valence-corrected chi connectivity index (χ2v) is 4.92. The summed E-state index contributed by atoms with van der Waals surface area (Å²) < 4.78 is 5.95. The molecular formula is C14H25O2-. The topological polar surface area (TPSA) is 32.3 Å². The molecule has 0 aromatic carbocycles. The Balaban J connectivity index is 2.66. The van der Waals surface area contributed by atoms with E-state index < -0.39 is 6.10 Å². The molecular weight excluding hydrogens is 200 g/mol. The number of hydrogen-bond acceptors (Lipinski definition) is 2. The third kappa shape index (κ3) is 3.08. The summed E-state index contributed by atoms with van der Waals surface area (Å²) in [5.74, 6) is 0.529. The molecule has 0 aromatic heterocycles. The average Bonchev–Trinajstić information content (AvgIpc) is 2.29. The number of ether oxygens (including phenoxy) is 1. The Kier molecular flexibility index (Phi) is 5.50. The summed E-state index contributed by atoms with van der Waals surface area (Å²) in [7, 11) is 0. The predicted molar refractivity (Wildman–Crippen MR) is 65.1 cm³/mol. The van der Waals surface area contributed by atoms with Crippen molar-refractivity contribution < 1.29 is 9.84 Å². The first-order valence-electron chi connectivity index (χ1n) is 6.59. The zero-order valence-corrected chi connectivity index (χ0v) is 11.0.